The van der Waals surface area contributed by atoms with Gasteiger partial charge in [-0.25, -0.2) is 9.78 Å². The highest BCUT2D eigenvalue weighted by molar-refractivity contribution is 5.93. The summed E-state index contributed by atoms with van der Waals surface area (Å²) < 4.78 is 6.18. The Bertz CT molecular complexity index is 1060. The van der Waals surface area contributed by atoms with Crippen molar-refractivity contribution in [3.63, 3.8) is 0 Å². The molecule has 1 aromatic heterocycles. The number of nitrogens with one attached hydrogen (secondary N) is 1. The monoisotopic (exact) mass is 365 g/mol. The van der Waals surface area contributed by atoms with Crippen molar-refractivity contribution in [2.45, 2.75) is 20.4 Å². The fourth-order valence-electron chi connectivity index (χ4n) is 2.71. The van der Waals surface area contributed by atoms with Gasteiger partial charge < -0.3 is 10.1 Å². The highest BCUT2D eigenvalue weighted by Crippen LogP contribution is 2.12. The highest BCUT2D eigenvalue weighted by Gasteiger charge is 2.10. The molecule has 0 aliphatic carbocycles. The molecule has 0 unspecified atom stereocenters. The van der Waals surface area contributed by atoms with Gasteiger partial charge in [-0.15, -0.1) is 0 Å². The molecular weight excluding hydrogens is 346 g/mol. The number of nitrogens with zero attached hydrogens (tertiary/aromatic N) is 2. The van der Waals surface area contributed by atoms with Crippen LogP contribution in [0.15, 0.2) is 53.6 Å². The van der Waals surface area contributed by atoms with Crippen molar-refractivity contribution in [2.75, 3.05) is 11.9 Å². The molecule has 7 heteroatoms. The lowest BCUT2D eigenvalue weighted by molar-refractivity contribution is -0.116. The van der Waals surface area contributed by atoms with Crippen LogP contribution in [0.4, 0.5) is 5.69 Å². The number of ether oxygens (including phenoxy) is 1. The van der Waals surface area contributed by atoms with E-state index in [4.69, 9.17) is 4.74 Å². The van der Waals surface area contributed by atoms with Gasteiger partial charge in [0.2, 0.25) is 5.91 Å². The van der Waals surface area contributed by atoms with E-state index in [1.54, 1.807) is 43.3 Å². The van der Waals surface area contributed by atoms with Crippen molar-refractivity contribution in [1.29, 1.82) is 0 Å². The first-order valence-corrected chi connectivity index (χ1v) is 8.51. The summed E-state index contributed by atoms with van der Waals surface area (Å²) in [6, 6.07) is 11.7. The van der Waals surface area contributed by atoms with Gasteiger partial charge in [-0.1, -0.05) is 12.1 Å². The fourth-order valence-corrected chi connectivity index (χ4v) is 2.71. The maximum Gasteiger partial charge on any atom is 0.338 e. The first-order valence-electron chi connectivity index (χ1n) is 8.51. The molecule has 0 spiro atoms. The van der Waals surface area contributed by atoms with Crippen LogP contribution in [0.2, 0.25) is 0 Å². The number of hydrogen-bond acceptors (Lipinski definition) is 5. The number of aryl methyl sites for hydroxylation is 1. The van der Waals surface area contributed by atoms with Crippen LogP contribution in [0.1, 0.15) is 22.8 Å². The zero-order valence-electron chi connectivity index (χ0n) is 15.1. The fraction of sp³-hybridized carbons (Fsp3) is 0.200. The van der Waals surface area contributed by atoms with Crippen LogP contribution in [-0.2, 0) is 16.1 Å². The number of aromatic nitrogens is 2. The van der Waals surface area contributed by atoms with Crippen molar-refractivity contribution < 1.29 is 14.3 Å². The average Bonchev–Trinajstić information content (AvgIpc) is 2.65. The Hall–Kier alpha value is -3.48. The molecule has 0 aliphatic rings. The number of anilines is 1. The van der Waals surface area contributed by atoms with Crippen LogP contribution in [0, 0.1) is 6.92 Å². The minimum Gasteiger partial charge on any atom is -0.462 e. The molecule has 7 nitrogen and oxygen atoms in total. The third-order valence-electron chi connectivity index (χ3n) is 4.05. The van der Waals surface area contributed by atoms with Crippen LogP contribution in [-0.4, -0.2) is 28.0 Å². The summed E-state index contributed by atoms with van der Waals surface area (Å²) in [6.07, 6.45) is 1.38. The third kappa shape index (κ3) is 4.03. The van der Waals surface area contributed by atoms with Gasteiger partial charge in [-0.3, -0.25) is 14.2 Å². The summed E-state index contributed by atoms with van der Waals surface area (Å²) in [5.41, 5.74) is 2.19. The second kappa shape index (κ2) is 7.82. The normalized spacial score (nSPS) is 10.6. The van der Waals surface area contributed by atoms with E-state index in [1.165, 1.54) is 10.9 Å². The quantitative estimate of drug-likeness (QED) is 0.702. The number of fused-ring (bicyclic) bond motifs is 1. The molecule has 2 aromatic carbocycles. The Morgan fingerprint density at radius 2 is 1.89 bits per heavy atom. The summed E-state index contributed by atoms with van der Waals surface area (Å²) >= 11 is 0. The summed E-state index contributed by atoms with van der Waals surface area (Å²) in [6.45, 7) is 3.75. The smallest absolute Gasteiger partial charge is 0.338 e. The van der Waals surface area contributed by atoms with Crippen molar-refractivity contribution in [2.24, 2.45) is 0 Å². The number of benzene rings is 2. The van der Waals surface area contributed by atoms with Gasteiger partial charge in [-0.05, 0) is 49.7 Å². The van der Waals surface area contributed by atoms with E-state index in [0.717, 1.165) is 5.56 Å². The van der Waals surface area contributed by atoms with E-state index in [0.29, 0.717) is 28.8 Å². The van der Waals surface area contributed by atoms with E-state index in [-0.39, 0.29) is 18.0 Å². The Labute approximate surface area is 155 Å². The van der Waals surface area contributed by atoms with Gasteiger partial charge in [0.15, 0.2) is 0 Å². The molecule has 3 aromatic rings. The van der Waals surface area contributed by atoms with Crippen LogP contribution >= 0.6 is 0 Å². The van der Waals surface area contributed by atoms with E-state index in [1.807, 2.05) is 13.0 Å². The van der Waals surface area contributed by atoms with Crippen molar-refractivity contribution in [3.05, 3.63) is 70.3 Å². The topological polar surface area (TPSA) is 90.3 Å². The molecule has 0 saturated carbocycles. The lowest BCUT2D eigenvalue weighted by Crippen LogP contribution is -2.28. The Balaban J connectivity index is 1.73. The number of carbonyl (C=O) groups is 2. The van der Waals surface area contributed by atoms with Gasteiger partial charge in [0, 0.05) is 5.69 Å². The molecule has 138 valence electrons. The zero-order valence-corrected chi connectivity index (χ0v) is 15.1. The van der Waals surface area contributed by atoms with Gasteiger partial charge in [0.1, 0.15) is 6.54 Å². The summed E-state index contributed by atoms with van der Waals surface area (Å²) in [7, 11) is 0. The van der Waals surface area contributed by atoms with Crippen LogP contribution in [0.3, 0.4) is 0 Å². The van der Waals surface area contributed by atoms with E-state index in [2.05, 4.69) is 10.3 Å². The summed E-state index contributed by atoms with van der Waals surface area (Å²) in [4.78, 5) is 40.7. The van der Waals surface area contributed by atoms with E-state index >= 15 is 0 Å². The van der Waals surface area contributed by atoms with Crippen LogP contribution in [0.5, 0.6) is 0 Å². The standard InChI is InChI=1S/C20H19N3O4/c1-3-27-20(26)14-7-9-15(10-8-14)22-17(24)11-23-12-21-18-13(2)5-4-6-16(18)19(23)25/h4-10,12H,3,11H2,1-2H3,(H,22,24). The SMILES string of the molecule is CCOC(=O)c1ccc(NC(=O)Cn2cnc3c(C)cccc3c2=O)cc1. The predicted molar refractivity (Wildman–Crippen MR) is 102 cm³/mol. The van der Waals surface area contributed by atoms with Gasteiger partial charge in [-0.2, -0.15) is 0 Å². The molecule has 0 radical (unpaired) electrons. The summed E-state index contributed by atoms with van der Waals surface area (Å²) in [5.74, 6) is -0.783. The third-order valence-corrected chi connectivity index (χ3v) is 4.05. The van der Waals surface area contributed by atoms with Crippen molar-refractivity contribution in [1.82, 2.24) is 9.55 Å². The predicted octanol–water partition coefficient (Wildman–Crippen LogP) is 2.52. The van der Waals surface area contributed by atoms with Crippen molar-refractivity contribution in [3.8, 4) is 0 Å². The molecule has 27 heavy (non-hydrogen) atoms. The van der Waals surface area contributed by atoms with E-state index < -0.39 is 5.97 Å². The number of amides is 1. The molecule has 0 atom stereocenters. The van der Waals surface area contributed by atoms with Gasteiger partial charge >= 0.3 is 5.97 Å². The molecule has 1 amide bonds. The molecule has 0 aliphatic heterocycles. The molecule has 1 heterocycles. The largest absolute Gasteiger partial charge is 0.462 e. The van der Waals surface area contributed by atoms with Crippen LogP contribution < -0.4 is 10.9 Å². The highest BCUT2D eigenvalue weighted by atomic mass is 16.5. The van der Waals surface area contributed by atoms with Crippen LogP contribution in [0.25, 0.3) is 10.9 Å². The molecule has 1 N–H and O–H groups in total. The average molecular weight is 365 g/mol. The molecule has 0 fully saturated rings. The second-order valence-electron chi connectivity index (χ2n) is 5.99. The minimum atomic E-state index is -0.417. The molecule has 3 rings (SSSR count). The molecular formula is C20H19N3O4. The second-order valence-corrected chi connectivity index (χ2v) is 5.99. The number of hydrogen-bond donors (Lipinski definition) is 1. The maximum atomic E-state index is 12.5. The Kier molecular flexibility index (Phi) is 5.30. The first kappa shape index (κ1) is 18.3. The number of esters is 1. The number of rotatable bonds is 5. The van der Waals surface area contributed by atoms with Crippen molar-refractivity contribution >= 4 is 28.5 Å². The summed E-state index contributed by atoms with van der Waals surface area (Å²) in [5, 5.41) is 3.17. The minimum absolute atomic E-state index is 0.157. The number of para-hydroxylation sites is 1. The Morgan fingerprint density at radius 1 is 1.15 bits per heavy atom. The first-order chi connectivity index (χ1) is 13.0. The zero-order chi connectivity index (χ0) is 19.4. The molecule has 0 saturated heterocycles. The number of carbonyl (C=O) groups excluding carboxylic acids is 2. The van der Waals surface area contributed by atoms with E-state index in [9.17, 15) is 14.4 Å². The lowest BCUT2D eigenvalue weighted by Gasteiger charge is -2.09. The Morgan fingerprint density at radius 3 is 2.59 bits per heavy atom. The molecule has 0 bridgehead atoms. The maximum absolute atomic E-state index is 12.5. The van der Waals surface area contributed by atoms with Gasteiger partial charge in [0.25, 0.3) is 5.56 Å². The lowest BCUT2D eigenvalue weighted by atomic mass is 10.1. The van der Waals surface area contributed by atoms with Gasteiger partial charge in [0.05, 0.1) is 29.4 Å².